The Kier molecular flexibility index (Phi) is 5.15. The van der Waals surface area contributed by atoms with Crippen molar-refractivity contribution in [2.24, 2.45) is 11.3 Å². The Bertz CT molecular complexity index is 380. The smallest absolute Gasteiger partial charge is 0.310 e. The van der Waals surface area contributed by atoms with Gasteiger partial charge in [-0.3, -0.25) is 9.59 Å². The molecule has 1 saturated heterocycles. The minimum absolute atomic E-state index is 0.0447. The lowest BCUT2D eigenvalue weighted by molar-refractivity contribution is -0.153. The Labute approximate surface area is 119 Å². The second-order valence-corrected chi connectivity index (χ2v) is 6.31. The van der Waals surface area contributed by atoms with Gasteiger partial charge in [-0.1, -0.05) is 13.8 Å². The highest BCUT2D eigenvalue weighted by Gasteiger charge is 2.39. The quantitative estimate of drug-likeness (QED) is 0.771. The molecular formula is C14H25NO5. The number of hydrogen-bond acceptors (Lipinski definition) is 4. The highest BCUT2D eigenvalue weighted by molar-refractivity contribution is 5.84. The molecular weight excluding hydrogens is 262 g/mol. The number of carboxylic acid groups (broad SMARTS) is 1. The fraction of sp³-hybridized carbons (Fsp3) is 0.857. The van der Waals surface area contributed by atoms with Gasteiger partial charge in [-0.15, -0.1) is 0 Å². The van der Waals surface area contributed by atoms with Crippen molar-refractivity contribution >= 4 is 11.9 Å². The summed E-state index contributed by atoms with van der Waals surface area (Å²) in [5, 5.41) is 12.0. The normalized spacial score (nSPS) is 24.4. The minimum Gasteiger partial charge on any atom is -0.481 e. The summed E-state index contributed by atoms with van der Waals surface area (Å²) in [6, 6.07) is 0. The number of carbonyl (C=O) groups excluding carboxylic acids is 1. The van der Waals surface area contributed by atoms with Crippen LogP contribution in [0.2, 0.25) is 0 Å². The average Bonchev–Trinajstić information content (AvgIpc) is 2.65. The zero-order chi connectivity index (χ0) is 15.6. The third kappa shape index (κ3) is 4.18. The van der Waals surface area contributed by atoms with Crippen LogP contribution in [-0.2, 0) is 19.1 Å². The molecule has 116 valence electrons. The van der Waals surface area contributed by atoms with E-state index in [9.17, 15) is 14.7 Å². The number of ether oxygens (including phenoxy) is 2. The summed E-state index contributed by atoms with van der Waals surface area (Å²) in [4.78, 5) is 23.2. The Morgan fingerprint density at radius 1 is 1.45 bits per heavy atom. The van der Waals surface area contributed by atoms with Gasteiger partial charge < -0.3 is 19.9 Å². The van der Waals surface area contributed by atoms with Gasteiger partial charge in [0.15, 0.2) is 5.79 Å². The molecule has 2 N–H and O–H groups in total. The van der Waals surface area contributed by atoms with E-state index in [1.54, 1.807) is 20.8 Å². The van der Waals surface area contributed by atoms with Gasteiger partial charge in [-0.05, 0) is 26.7 Å². The maximum absolute atomic E-state index is 11.9. The molecule has 0 aliphatic carbocycles. The van der Waals surface area contributed by atoms with Crippen molar-refractivity contribution in [1.82, 2.24) is 5.32 Å². The Hall–Kier alpha value is -1.14. The summed E-state index contributed by atoms with van der Waals surface area (Å²) >= 11 is 0. The van der Waals surface area contributed by atoms with E-state index < -0.39 is 17.2 Å². The first-order chi connectivity index (χ1) is 9.07. The number of rotatable bonds is 6. The maximum Gasteiger partial charge on any atom is 0.310 e. The molecule has 0 aromatic carbocycles. The number of carbonyl (C=O) groups is 2. The van der Waals surface area contributed by atoms with E-state index in [1.165, 1.54) is 0 Å². The molecule has 1 rings (SSSR count). The number of nitrogens with one attached hydrogen (secondary N) is 1. The van der Waals surface area contributed by atoms with Crippen LogP contribution in [0.15, 0.2) is 0 Å². The van der Waals surface area contributed by atoms with Gasteiger partial charge in [0.2, 0.25) is 5.91 Å². The predicted molar refractivity (Wildman–Crippen MR) is 73.1 cm³/mol. The van der Waals surface area contributed by atoms with Crippen LogP contribution in [0.1, 0.15) is 41.0 Å². The first kappa shape index (κ1) is 16.9. The first-order valence-corrected chi connectivity index (χ1v) is 6.89. The molecule has 0 radical (unpaired) electrons. The van der Waals surface area contributed by atoms with Crippen molar-refractivity contribution < 1.29 is 24.2 Å². The van der Waals surface area contributed by atoms with Crippen LogP contribution in [0.25, 0.3) is 0 Å². The Balaban J connectivity index is 2.46. The number of amides is 1. The maximum atomic E-state index is 11.9. The van der Waals surface area contributed by atoms with Crippen LogP contribution >= 0.6 is 0 Å². The van der Waals surface area contributed by atoms with E-state index in [0.29, 0.717) is 13.2 Å². The van der Waals surface area contributed by atoms with Crippen molar-refractivity contribution in [1.29, 1.82) is 0 Å². The molecule has 0 bridgehead atoms. The van der Waals surface area contributed by atoms with E-state index in [4.69, 9.17) is 9.47 Å². The Morgan fingerprint density at radius 3 is 2.45 bits per heavy atom. The molecule has 1 aliphatic heterocycles. The minimum atomic E-state index is -1.06. The first-order valence-electron chi connectivity index (χ1n) is 6.89. The molecule has 1 heterocycles. The molecule has 6 nitrogen and oxygen atoms in total. The topological polar surface area (TPSA) is 84.9 Å². The van der Waals surface area contributed by atoms with Crippen LogP contribution in [0.3, 0.4) is 0 Å². The van der Waals surface area contributed by atoms with Gasteiger partial charge in [0.05, 0.1) is 12.0 Å². The van der Waals surface area contributed by atoms with E-state index in [0.717, 1.165) is 0 Å². The lowest BCUT2D eigenvalue weighted by Crippen LogP contribution is -2.41. The predicted octanol–water partition coefficient (Wildman–Crippen LogP) is 1.39. The zero-order valence-corrected chi connectivity index (χ0v) is 12.9. The largest absolute Gasteiger partial charge is 0.481 e. The average molecular weight is 287 g/mol. The van der Waals surface area contributed by atoms with Crippen molar-refractivity contribution in [3.8, 4) is 0 Å². The molecule has 0 aromatic rings. The van der Waals surface area contributed by atoms with Gasteiger partial charge in [0.1, 0.15) is 6.10 Å². The van der Waals surface area contributed by atoms with Crippen LogP contribution in [0.5, 0.6) is 0 Å². The zero-order valence-electron chi connectivity index (χ0n) is 12.9. The van der Waals surface area contributed by atoms with E-state index in [-0.39, 0.29) is 24.3 Å². The lowest BCUT2D eigenvalue weighted by atomic mass is 9.76. The van der Waals surface area contributed by atoms with Crippen LogP contribution in [0, 0.1) is 11.3 Å². The van der Waals surface area contributed by atoms with Gasteiger partial charge >= 0.3 is 5.97 Å². The van der Waals surface area contributed by atoms with Gasteiger partial charge in [-0.25, -0.2) is 0 Å². The molecule has 0 saturated carbocycles. The van der Waals surface area contributed by atoms with Crippen molar-refractivity contribution in [3.05, 3.63) is 0 Å². The molecule has 0 spiro atoms. The highest BCUT2D eigenvalue weighted by atomic mass is 16.7. The summed E-state index contributed by atoms with van der Waals surface area (Å²) in [6.45, 7) is 9.58. The van der Waals surface area contributed by atoms with E-state index in [2.05, 4.69) is 5.32 Å². The third-order valence-corrected chi connectivity index (χ3v) is 3.88. The second-order valence-electron chi connectivity index (χ2n) is 6.31. The van der Waals surface area contributed by atoms with Crippen molar-refractivity contribution in [2.45, 2.75) is 52.9 Å². The summed E-state index contributed by atoms with van der Waals surface area (Å²) < 4.78 is 11.0. The van der Waals surface area contributed by atoms with Crippen molar-refractivity contribution in [2.75, 3.05) is 13.2 Å². The highest BCUT2D eigenvalue weighted by Crippen LogP contribution is 2.31. The molecule has 2 atom stereocenters. The standard InChI is InChI=1S/C14H25NO5/c1-9(2)14(5,12(17)18)6-11(16)15-7-10-8-19-13(3,4)20-10/h9-10H,6-8H2,1-5H3,(H,15,16)(H,17,18). The molecule has 2 unspecified atom stereocenters. The second kappa shape index (κ2) is 6.10. The summed E-state index contributed by atoms with van der Waals surface area (Å²) in [7, 11) is 0. The monoisotopic (exact) mass is 287 g/mol. The molecule has 20 heavy (non-hydrogen) atoms. The molecule has 6 heteroatoms. The van der Waals surface area contributed by atoms with Gasteiger partial charge in [0, 0.05) is 13.0 Å². The van der Waals surface area contributed by atoms with Crippen molar-refractivity contribution in [3.63, 3.8) is 0 Å². The fourth-order valence-electron chi connectivity index (χ4n) is 2.01. The molecule has 1 amide bonds. The van der Waals surface area contributed by atoms with Crippen LogP contribution < -0.4 is 5.32 Å². The SMILES string of the molecule is CC(C)C(C)(CC(=O)NCC1COC(C)(C)O1)C(=O)O. The molecule has 1 fully saturated rings. The van der Waals surface area contributed by atoms with Crippen LogP contribution in [-0.4, -0.2) is 42.0 Å². The van der Waals surface area contributed by atoms with E-state index in [1.807, 2.05) is 13.8 Å². The lowest BCUT2D eigenvalue weighted by Gasteiger charge is -2.28. The number of hydrogen-bond donors (Lipinski definition) is 2. The van der Waals surface area contributed by atoms with Gasteiger partial charge in [0.25, 0.3) is 0 Å². The third-order valence-electron chi connectivity index (χ3n) is 3.88. The summed E-state index contributed by atoms with van der Waals surface area (Å²) in [5.41, 5.74) is -1.06. The van der Waals surface area contributed by atoms with Crippen LogP contribution in [0.4, 0.5) is 0 Å². The van der Waals surface area contributed by atoms with Gasteiger partial charge in [-0.2, -0.15) is 0 Å². The van der Waals surface area contributed by atoms with E-state index >= 15 is 0 Å². The Morgan fingerprint density at radius 2 is 2.05 bits per heavy atom. The molecule has 0 aromatic heterocycles. The fourth-order valence-corrected chi connectivity index (χ4v) is 2.01. The summed E-state index contributed by atoms with van der Waals surface area (Å²) in [5.74, 6) is -1.99. The number of carboxylic acids is 1. The molecule has 1 aliphatic rings. The summed E-state index contributed by atoms with van der Waals surface area (Å²) in [6.07, 6.45) is -0.235. The number of aliphatic carboxylic acids is 1.